The highest BCUT2D eigenvalue weighted by Crippen LogP contribution is 2.12. The first-order chi connectivity index (χ1) is 6.09. The van der Waals surface area contributed by atoms with Gasteiger partial charge < -0.3 is 10.8 Å². The Bertz CT molecular complexity index is 310. The molecule has 1 aromatic rings. The van der Waals surface area contributed by atoms with Crippen LogP contribution in [0.4, 0.5) is 0 Å². The molecule has 0 radical (unpaired) electrons. The van der Waals surface area contributed by atoms with Crippen molar-refractivity contribution < 1.29 is 9.90 Å². The number of phenols is 1. The molecule has 3 N–H and O–H groups in total. The van der Waals surface area contributed by atoms with Crippen LogP contribution in [0.15, 0.2) is 24.3 Å². The van der Waals surface area contributed by atoms with Gasteiger partial charge in [-0.3, -0.25) is 4.79 Å². The fraction of sp³-hybridized carbons (Fsp3) is 0.300. The van der Waals surface area contributed by atoms with E-state index in [1.807, 2.05) is 6.07 Å². The molecule has 1 rings (SSSR count). The van der Waals surface area contributed by atoms with E-state index in [1.165, 1.54) is 6.92 Å². The van der Waals surface area contributed by atoms with Gasteiger partial charge in [-0.05, 0) is 31.0 Å². The van der Waals surface area contributed by atoms with Crippen LogP contribution in [0.3, 0.4) is 0 Å². The van der Waals surface area contributed by atoms with Gasteiger partial charge >= 0.3 is 0 Å². The molecule has 70 valence electrons. The first kappa shape index (κ1) is 9.74. The molecule has 0 heterocycles. The van der Waals surface area contributed by atoms with Crippen LogP contribution in [-0.4, -0.2) is 16.9 Å². The van der Waals surface area contributed by atoms with E-state index in [2.05, 4.69) is 0 Å². The van der Waals surface area contributed by atoms with Crippen molar-refractivity contribution in [3.63, 3.8) is 0 Å². The molecule has 0 aliphatic heterocycles. The first-order valence-corrected chi connectivity index (χ1v) is 4.13. The number of hydrogen-bond donors (Lipinski definition) is 2. The fourth-order valence-corrected chi connectivity index (χ4v) is 1.08. The Hall–Kier alpha value is -1.35. The number of nitrogens with two attached hydrogens (primary N) is 1. The zero-order valence-corrected chi connectivity index (χ0v) is 7.53. The molecule has 0 spiro atoms. The molecule has 0 fully saturated rings. The number of rotatable bonds is 3. The van der Waals surface area contributed by atoms with E-state index in [9.17, 15) is 4.79 Å². The minimum absolute atomic E-state index is 0.0386. The second-order valence-corrected chi connectivity index (χ2v) is 3.09. The molecule has 0 saturated carbocycles. The predicted octanol–water partition coefficient (Wildman–Crippen LogP) is 0.851. The Morgan fingerprint density at radius 1 is 1.62 bits per heavy atom. The van der Waals surface area contributed by atoms with Crippen LogP contribution < -0.4 is 5.73 Å². The van der Waals surface area contributed by atoms with Crippen LogP contribution in [0.1, 0.15) is 12.5 Å². The molecular formula is C10H13NO2. The molecule has 0 unspecified atom stereocenters. The Labute approximate surface area is 77.2 Å². The summed E-state index contributed by atoms with van der Waals surface area (Å²) in [6.07, 6.45) is 0.476. The highest BCUT2D eigenvalue weighted by Gasteiger charge is 2.08. The van der Waals surface area contributed by atoms with Crippen molar-refractivity contribution in [2.24, 2.45) is 5.73 Å². The lowest BCUT2D eigenvalue weighted by Crippen LogP contribution is -2.30. The maximum atomic E-state index is 10.8. The van der Waals surface area contributed by atoms with E-state index < -0.39 is 6.04 Å². The number of phenolic OH excluding ortho intramolecular Hbond substituents is 1. The normalized spacial score (nSPS) is 12.5. The van der Waals surface area contributed by atoms with Crippen molar-refractivity contribution in [1.82, 2.24) is 0 Å². The predicted molar refractivity (Wildman–Crippen MR) is 50.5 cm³/mol. The summed E-state index contributed by atoms with van der Waals surface area (Å²) in [7, 11) is 0. The molecular weight excluding hydrogens is 166 g/mol. The van der Waals surface area contributed by atoms with Gasteiger partial charge in [0.25, 0.3) is 0 Å². The lowest BCUT2D eigenvalue weighted by molar-refractivity contribution is -0.118. The second kappa shape index (κ2) is 4.05. The number of Topliss-reactive ketones (excluding diaryl/α,β-unsaturated/α-hetero) is 1. The Morgan fingerprint density at radius 2 is 2.31 bits per heavy atom. The summed E-state index contributed by atoms with van der Waals surface area (Å²) >= 11 is 0. The van der Waals surface area contributed by atoms with Gasteiger partial charge in [-0.15, -0.1) is 0 Å². The molecule has 0 amide bonds. The zero-order chi connectivity index (χ0) is 9.84. The summed E-state index contributed by atoms with van der Waals surface area (Å²) in [5, 5.41) is 9.14. The number of aromatic hydroxyl groups is 1. The first-order valence-electron chi connectivity index (χ1n) is 4.13. The summed E-state index contributed by atoms with van der Waals surface area (Å²) in [4.78, 5) is 10.8. The molecule has 13 heavy (non-hydrogen) atoms. The van der Waals surface area contributed by atoms with Crippen molar-refractivity contribution in [3.8, 4) is 5.75 Å². The standard InChI is InChI=1S/C10H13NO2/c1-7(12)10(11)6-8-3-2-4-9(13)5-8/h2-5,10,13H,6,11H2,1H3/t10-/m0/s1. The van der Waals surface area contributed by atoms with Gasteiger partial charge in [-0.2, -0.15) is 0 Å². The van der Waals surface area contributed by atoms with E-state index in [-0.39, 0.29) is 11.5 Å². The van der Waals surface area contributed by atoms with Gasteiger partial charge in [0.2, 0.25) is 0 Å². The smallest absolute Gasteiger partial charge is 0.146 e. The third-order valence-electron chi connectivity index (χ3n) is 1.89. The Balaban J connectivity index is 2.69. The summed E-state index contributed by atoms with van der Waals surface area (Å²) in [6, 6.07) is 6.30. The number of ketones is 1. The van der Waals surface area contributed by atoms with Crippen molar-refractivity contribution in [3.05, 3.63) is 29.8 Å². The maximum absolute atomic E-state index is 10.8. The summed E-state index contributed by atoms with van der Waals surface area (Å²) in [5.41, 5.74) is 6.44. The van der Waals surface area contributed by atoms with E-state index in [0.29, 0.717) is 6.42 Å². The number of carbonyl (C=O) groups excluding carboxylic acids is 1. The number of benzene rings is 1. The third kappa shape index (κ3) is 2.87. The minimum Gasteiger partial charge on any atom is -0.508 e. The van der Waals surface area contributed by atoms with E-state index in [1.54, 1.807) is 18.2 Å². The molecule has 1 atom stereocenters. The van der Waals surface area contributed by atoms with Crippen LogP contribution in [0, 0.1) is 0 Å². The fourth-order valence-electron chi connectivity index (χ4n) is 1.08. The van der Waals surface area contributed by atoms with Crippen molar-refractivity contribution in [1.29, 1.82) is 0 Å². The van der Waals surface area contributed by atoms with Crippen LogP contribution in [0.25, 0.3) is 0 Å². The van der Waals surface area contributed by atoms with Crippen LogP contribution in [0.2, 0.25) is 0 Å². The molecule has 0 aromatic heterocycles. The average molecular weight is 179 g/mol. The van der Waals surface area contributed by atoms with Crippen LogP contribution in [0.5, 0.6) is 5.75 Å². The highest BCUT2D eigenvalue weighted by atomic mass is 16.3. The van der Waals surface area contributed by atoms with Gasteiger partial charge in [-0.25, -0.2) is 0 Å². The second-order valence-electron chi connectivity index (χ2n) is 3.09. The molecule has 0 saturated heterocycles. The number of hydrogen-bond acceptors (Lipinski definition) is 3. The molecule has 3 nitrogen and oxygen atoms in total. The molecule has 0 aliphatic carbocycles. The van der Waals surface area contributed by atoms with Gasteiger partial charge in [0.05, 0.1) is 6.04 Å². The summed E-state index contributed by atoms with van der Waals surface area (Å²) in [6.45, 7) is 1.47. The quantitative estimate of drug-likeness (QED) is 0.723. The summed E-state index contributed by atoms with van der Waals surface area (Å²) < 4.78 is 0. The Kier molecular flexibility index (Phi) is 3.03. The zero-order valence-electron chi connectivity index (χ0n) is 7.53. The van der Waals surface area contributed by atoms with Gasteiger partial charge in [-0.1, -0.05) is 12.1 Å². The van der Waals surface area contributed by atoms with E-state index in [4.69, 9.17) is 10.8 Å². The van der Waals surface area contributed by atoms with Crippen molar-refractivity contribution in [2.75, 3.05) is 0 Å². The molecule has 0 bridgehead atoms. The third-order valence-corrected chi connectivity index (χ3v) is 1.89. The molecule has 0 aliphatic rings. The summed E-state index contributed by atoms with van der Waals surface area (Å²) in [5.74, 6) is 0.164. The van der Waals surface area contributed by atoms with Gasteiger partial charge in [0.1, 0.15) is 11.5 Å². The van der Waals surface area contributed by atoms with Gasteiger partial charge in [0.15, 0.2) is 0 Å². The van der Waals surface area contributed by atoms with Crippen molar-refractivity contribution >= 4 is 5.78 Å². The topological polar surface area (TPSA) is 63.3 Å². The lowest BCUT2D eigenvalue weighted by atomic mass is 10.0. The monoisotopic (exact) mass is 179 g/mol. The molecule has 1 aromatic carbocycles. The largest absolute Gasteiger partial charge is 0.508 e. The lowest BCUT2D eigenvalue weighted by Gasteiger charge is -2.07. The van der Waals surface area contributed by atoms with Crippen LogP contribution in [-0.2, 0) is 11.2 Å². The average Bonchev–Trinajstić information content (AvgIpc) is 2.04. The highest BCUT2D eigenvalue weighted by molar-refractivity contribution is 5.81. The minimum atomic E-state index is -0.471. The van der Waals surface area contributed by atoms with Gasteiger partial charge in [0, 0.05) is 0 Å². The van der Waals surface area contributed by atoms with Crippen molar-refractivity contribution in [2.45, 2.75) is 19.4 Å². The maximum Gasteiger partial charge on any atom is 0.146 e. The van der Waals surface area contributed by atoms with E-state index in [0.717, 1.165) is 5.56 Å². The van der Waals surface area contributed by atoms with E-state index >= 15 is 0 Å². The Morgan fingerprint density at radius 3 is 2.85 bits per heavy atom. The molecule has 3 heteroatoms. The number of carbonyl (C=O) groups is 1. The van der Waals surface area contributed by atoms with Crippen LogP contribution >= 0.6 is 0 Å². The SMILES string of the molecule is CC(=O)[C@@H](N)Cc1cccc(O)c1.